The molecule has 1 N–H and O–H groups in total. The van der Waals surface area contributed by atoms with Crippen LogP contribution in [0.4, 0.5) is 19.1 Å². The second-order valence-corrected chi connectivity index (χ2v) is 4.91. The number of aromatic nitrogens is 4. The number of nitrogens with zero attached hydrogens (tertiary/aromatic N) is 4. The summed E-state index contributed by atoms with van der Waals surface area (Å²) in [6.07, 6.45) is -3.16. The molecule has 0 aliphatic rings. The minimum Gasteiger partial charge on any atom is -0.347 e. The Kier molecular flexibility index (Phi) is 4.57. The number of aryl methyl sites for hydroxylation is 2. The van der Waals surface area contributed by atoms with Crippen molar-refractivity contribution < 1.29 is 18.0 Å². The molecule has 2 aromatic rings. The molecule has 0 aliphatic carbocycles. The smallest absolute Gasteiger partial charge is 0.347 e. The highest BCUT2D eigenvalue weighted by Gasteiger charge is 2.33. The maximum absolute atomic E-state index is 12.7. The fourth-order valence-corrected chi connectivity index (χ4v) is 1.91. The number of anilines is 1. The molecule has 0 unspecified atom stereocenters. The molecule has 0 amide bonds. The van der Waals surface area contributed by atoms with Crippen LogP contribution in [0.1, 0.15) is 40.2 Å². The number of Topliss-reactive ketones (excluding diaryl/α,β-unsaturated/α-hetero) is 1. The van der Waals surface area contributed by atoms with Crippen molar-refractivity contribution in [3.63, 3.8) is 0 Å². The summed E-state index contributed by atoms with van der Waals surface area (Å²) in [5.41, 5.74) is 0.0943. The number of halogens is 3. The van der Waals surface area contributed by atoms with Crippen LogP contribution in [0.15, 0.2) is 12.3 Å². The zero-order chi connectivity index (χ0) is 17.2. The van der Waals surface area contributed by atoms with E-state index in [1.54, 1.807) is 6.92 Å². The first-order valence-electron chi connectivity index (χ1n) is 6.67. The molecule has 9 heteroatoms. The number of hydrogen-bond acceptors (Lipinski definition) is 6. The Balaban J connectivity index is 2.17. The number of carbonyl (C=O) groups excluding carboxylic acids is 1. The highest BCUT2D eigenvalue weighted by atomic mass is 19.4. The van der Waals surface area contributed by atoms with Crippen molar-refractivity contribution in [1.29, 1.82) is 0 Å². The summed E-state index contributed by atoms with van der Waals surface area (Å²) >= 11 is 0. The molecular formula is C14H14F3N5O. The molecule has 0 radical (unpaired) electrons. The molecule has 6 nitrogen and oxygen atoms in total. The normalized spacial score (nSPS) is 11.4. The lowest BCUT2D eigenvalue weighted by atomic mass is 10.2. The fraction of sp³-hybridized carbons (Fsp3) is 0.357. The average molecular weight is 325 g/mol. The molecule has 2 aromatic heterocycles. The van der Waals surface area contributed by atoms with E-state index in [-0.39, 0.29) is 29.8 Å². The number of rotatable bonds is 4. The van der Waals surface area contributed by atoms with E-state index in [9.17, 15) is 18.0 Å². The van der Waals surface area contributed by atoms with Gasteiger partial charge < -0.3 is 5.32 Å². The van der Waals surface area contributed by atoms with Crippen LogP contribution in [0, 0.1) is 13.8 Å². The van der Waals surface area contributed by atoms with Crippen molar-refractivity contribution >= 4 is 11.7 Å². The molecule has 2 heterocycles. The topological polar surface area (TPSA) is 80.7 Å². The largest absolute Gasteiger partial charge is 0.433 e. The van der Waals surface area contributed by atoms with Gasteiger partial charge in [0, 0.05) is 11.9 Å². The summed E-state index contributed by atoms with van der Waals surface area (Å²) in [4.78, 5) is 26.8. The molecule has 23 heavy (non-hydrogen) atoms. The van der Waals surface area contributed by atoms with Crippen LogP contribution < -0.4 is 5.32 Å². The number of hydrogen-bond donors (Lipinski definition) is 1. The molecule has 0 atom stereocenters. The van der Waals surface area contributed by atoms with Gasteiger partial charge in [-0.05, 0) is 26.8 Å². The summed E-state index contributed by atoms with van der Waals surface area (Å²) in [6, 6.07) is 0.881. The van der Waals surface area contributed by atoms with Crippen molar-refractivity contribution in [3.05, 3.63) is 40.7 Å². The Hall–Kier alpha value is -2.58. The SMILES string of the molecule is CC(=O)c1cnc(NCc2nc(C)cc(C(F)(F)F)n2)nc1C. The van der Waals surface area contributed by atoms with Crippen molar-refractivity contribution in [2.24, 2.45) is 0 Å². The zero-order valence-electron chi connectivity index (χ0n) is 12.7. The number of ketones is 1. The van der Waals surface area contributed by atoms with E-state index >= 15 is 0 Å². The lowest BCUT2D eigenvalue weighted by molar-refractivity contribution is -0.141. The van der Waals surface area contributed by atoms with Crippen LogP contribution in [-0.2, 0) is 12.7 Å². The highest BCUT2D eigenvalue weighted by molar-refractivity contribution is 5.94. The zero-order valence-corrected chi connectivity index (χ0v) is 12.7. The third kappa shape index (κ3) is 4.21. The molecule has 0 spiro atoms. The Labute approximate surface area is 130 Å². The molecule has 0 saturated carbocycles. The number of nitrogens with one attached hydrogen (secondary N) is 1. The van der Waals surface area contributed by atoms with Gasteiger partial charge in [-0.25, -0.2) is 19.9 Å². The molecule has 0 aliphatic heterocycles. The summed E-state index contributed by atoms with van der Waals surface area (Å²) < 4.78 is 38.2. The average Bonchev–Trinajstić information content (AvgIpc) is 2.43. The molecule has 0 saturated heterocycles. The van der Waals surface area contributed by atoms with Crippen LogP contribution >= 0.6 is 0 Å². The van der Waals surface area contributed by atoms with E-state index in [1.165, 1.54) is 20.0 Å². The quantitative estimate of drug-likeness (QED) is 0.871. The first-order valence-corrected chi connectivity index (χ1v) is 6.67. The fourth-order valence-electron chi connectivity index (χ4n) is 1.91. The van der Waals surface area contributed by atoms with Gasteiger partial charge in [0.2, 0.25) is 5.95 Å². The maximum atomic E-state index is 12.7. The Morgan fingerprint density at radius 1 is 1.22 bits per heavy atom. The summed E-state index contributed by atoms with van der Waals surface area (Å²) in [6.45, 7) is 4.44. The Bertz CT molecular complexity index is 746. The Morgan fingerprint density at radius 2 is 1.91 bits per heavy atom. The molecule has 122 valence electrons. The third-order valence-electron chi connectivity index (χ3n) is 2.95. The van der Waals surface area contributed by atoms with E-state index < -0.39 is 11.9 Å². The number of carbonyl (C=O) groups is 1. The lowest BCUT2D eigenvalue weighted by Gasteiger charge is -2.10. The summed E-state index contributed by atoms with van der Waals surface area (Å²) in [5.74, 6) is 0.00581. The monoisotopic (exact) mass is 325 g/mol. The predicted molar refractivity (Wildman–Crippen MR) is 75.9 cm³/mol. The lowest BCUT2D eigenvalue weighted by Crippen LogP contribution is -2.14. The van der Waals surface area contributed by atoms with Crippen LogP contribution in [0.5, 0.6) is 0 Å². The molecule has 0 fully saturated rings. The first kappa shape index (κ1) is 16.8. The minimum absolute atomic E-state index is 0.0192. The molecule has 2 rings (SSSR count). The van der Waals surface area contributed by atoms with Crippen LogP contribution in [-0.4, -0.2) is 25.7 Å². The van der Waals surface area contributed by atoms with Gasteiger partial charge in [-0.1, -0.05) is 0 Å². The second kappa shape index (κ2) is 6.27. The van der Waals surface area contributed by atoms with Crippen molar-refractivity contribution in [2.75, 3.05) is 5.32 Å². The highest BCUT2D eigenvalue weighted by Crippen LogP contribution is 2.27. The van der Waals surface area contributed by atoms with Crippen LogP contribution in [0.25, 0.3) is 0 Å². The van der Waals surface area contributed by atoms with Gasteiger partial charge in [0.15, 0.2) is 5.78 Å². The van der Waals surface area contributed by atoms with E-state index in [1.807, 2.05) is 0 Å². The third-order valence-corrected chi connectivity index (χ3v) is 2.95. The van der Waals surface area contributed by atoms with E-state index in [0.717, 1.165) is 6.07 Å². The van der Waals surface area contributed by atoms with E-state index in [4.69, 9.17) is 0 Å². The van der Waals surface area contributed by atoms with Gasteiger partial charge in [-0.15, -0.1) is 0 Å². The Morgan fingerprint density at radius 3 is 2.48 bits per heavy atom. The van der Waals surface area contributed by atoms with E-state index in [0.29, 0.717) is 11.3 Å². The standard InChI is InChI=1S/C14H14F3N5O/c1-7-4-11(14(15,16)17)22-12(20-7)6-19-13-18-5-10(9(3)23)8(2)21-13/h4-5H,6H2,1-3H3,(H,18,19,21). The minimum atomic E-state index is -4.53. The summed E-state index contributed by atoms with van der Waals surface area (Å²) in [5, 5.41) is 2.75. The summed E-state index contributed by atoms with van der Waals surface area (Å²) in [7, 11) is 0. The van der Waals surface area contributed by atoms with E-state index in [2.05, 4.69) is 25.3 Å². The van der Waals surface area contributed by atoms with Gasteiger partial charge in [0.05, 0.1) is 17.8 Å². The molecule has 0 bridgehead atoms. The van der Waals surface area contributed by atoms with Crippen molar-refractivity contribution in [2.45, 2.75) is 33.5 Å². The predicted octanol–water partition coefficient (Wildman–Crippen LogP) is 2.72. The van der Waals surface area contributed by atoms with Gasteiger partial charge in [-0.3, -0.25) is 4.79 Å². The first-order chi connectivity index (χ1) is 10.7. The molecular weight excluding hydrogens is 311 g/mol. The van der Waals surface area contributed by atoms with Gasteiger partial charge in [0.25, 0.3) is 0 Å². The van der Waals surface area contributed by atoms with Gasteiger partial charge >= 0.3 is 6.18 Å². The van der Waals surface area contributed by atoms with Crippen LogP contribution in [0.2, 0.25) is 0 Å². The van der Waals surface area contributed by atoms with Crippen molar-refractivity contribution in [1.82, 2.24) is 19.9 Å². The number of alkyl halides is 3. The van der Waals surface area contributed by atoms with Crippen LogP contribution in [0.3, 0.4) is 0 Å². The van der Waals surface area contributed by atoms with Crippen molar-refractivity contribution in [3.8, 4) is 0 Å². The maximum Gasteiger partial charge on any atom is 0.433 e. The molecule has 0 aromatic carbocycles. The second-order valence-electron chi connectivity index (χ2n) is 4.91. The van der Waals surface area contributed by atoms with Gasteiger partial charge in [0.1, 0.15) is 11.5 Å². The van der Waals surface area contributed by atoms with Gasteiger partial charge in [-0.2, -0.15) is 13.2 Å².